The third kappa shape index (κ3) is 3.90. The zero-order valence-electron chi connectivity index (χ0n) is 15.7. The smallest absolute Gasteiger partial charge is 0.274 e. The van der Waals surface area contributed by atoms with Crippen LogP contribution >= 0.6 is 0 Å². The van der Waals surface area contributed by atoms with Gasteiger partial charge in [-0.1, -0.05) is 61.9 Å². The van der Waals surface area contributed by atoms with Gasteiger partial charge in [0.15, 0.2) is 0 Å². The Hall–Kier alpha value is -3.40. The largest absolute Gasteiger partial charge is 0.332 e. The van der Waals surface area contributed by atoms with Crippen molar-refractivity contribution in [2.45, 2.75) is 20.8 Å². The summed E-state index contributed by atoms with van der Waals surface area (Å²) in [4.78, 5) is 25.5. The molecule has 1 heterocycles. The fourth-order valence-electron chi connectivity index (χ4n) is 3.00. The van der Waals surface area contributed by atoms with Crippen LogP contribution in [0.25, 0.3) is 27.6 Å². The lowest BCUT2D eigenvalue weighted by atomic mass is 10.00. The number of aromatic amines is 1. The van der Waals surface area contributed by atoms with Gasteiger partial charge < -0.3 is 0 Å². The molecule has 0 aliphatic carbocycles. The first-order valence-corrected chi connectivity index (χ1v) is 9.03. The number of hydrogen-bond donors (Lipinski definition) is 1. The van der Waals surface area contributed by atoms with Gasteiger partial charge in [-0.25, -0.2) is 4.79 Å². The standard InChI is InChI=1S/C21H16N2O2.C2H6/c1-14-5-6-17-12-18(8-7-16(17)11-14)15-3-2-4-19(13-15)23-10-9-20(24)22-21(23)25;1-2/h2-13H,1H3,(H,22,24,25);1-2H3. The molecule has 0 saturated carbocycles. The van der Waals surface area contributed by atoms with E-state index in [9.17, 15) is 9.59 Å². The molecule has 0 aliphatic rings. The number of benzene rings is 3. The molecule has 4 heteroatoms. The second kappa shape index (κ2) is 7.87. The van der Waals surface area contributed by atoms with E-state index in [1.807, 2.05) is 38.1 Å². The number of fused-ring (bicyclic) bond motifs is 1. The fourth-order valence-corrected chi connectivity index (χ4v) is 3.00. The van der Waals surface area contributed by atoms with Gasteiger partial charge in [-0.2, -0.15) is 0 Å². The first-order chi connectivity index (χ1) is 13.1. The highest BCUT2D eigenvalue weighted by atomic mass is 16.2. The van der Waals surface area contributed by atoms with Crippen LogP contribution < -0.4 is 11.2 Å². The number of rotatable bonds is 2. The molecule has 4 rings (SSSR count). The minimum absolute atomic E-state index is 0.401. The number of H-pyrrole nitrogens is 1. The first kappa shape index (κ1) is 18.4. The molecule has 4 aromatic rings. The maximum Gasteiger partial charge on any atom is 0.332 e. The van der Waals surface area contributed by atoms with Crippen LogP contribution in [-0.4, -0.2) is 9.55 Å². The Morgan fingerprint density at radius 2 is 1.48 bits per heavy atom. The zero-order chi connectivity index (χ0) is 19.4. The van der Waals surface area contributed by atoms with Crippen LogP contribution in [0.15, 0.2) is 82.5 Å². The molecule has 0 bridgehead atoms. The van der Waals surface area contributed by atoms with Crippen molar-refractivity contribution < 1.29 is 0 Å². The number of nitrogens with one attached hydrogen (secondary N) is 1. The molecule has 0 amide bonds. The first-order valence-electron chi connectivity index (χ1n) is 9.03. The van der Waals surface area contributed by atoms with Crippen molar-refractivity contribution in [3.63, 3.8) is 0 Å². The van der Waals surface area contributed by atoms with E-state index in [1.165, 1.54) is 33.2 Å². The van der Waals surface area contributed by atoms with Gasteiger partial charge in [-0.15, -0.1) is 0 Å². The lowest BCUT2D eigenvalue weighted by Crippen LogP contribution is -2.27. The minimum atomic E-state index is -0.446. The highest BCUT2D eigenvalue weighted by Crippen LogP contribution is 2.26. The summed E-state index contributed by atoms with van der Waals surface area (Å²) in [5, 5.41) is 2.38. The summed E-state index contributed by atoms with van der Waals surface area (Å²) in [6.45, 7) is 6.08. The van der Waals surface area contributed by atoms with E-state index in [0.29, 0.717) is 5.69 Å². The Labute approximate surface area is 157 Å². The molecule has 0 atom stereocenters. The van der Waals surface area contributed by atoms with Gasteiger partial charge in [-0.05, 0) is 47.0 Å². The predicted molar refractivity (Wildman–Crippen MR) is 112 cm³/mol. The van der Waals surface area contributed by atoms with E-state index in [4.69, 9.17) is 0 Å². The van der Waals surface area contributed by atoms with Crippen molar-refractivity contribution >= 4 is 10.8 Å². The van der Waals surface area contributed by atoms with Gasteiger partial charge in [-0.3, -0.25) is 14.3 Å². The second-order valence-corrected chi connectivity index (χ2v) is 6.10. The highest BCUT2D eigenvalue weighted by molar-refractivity contribution is 5.88. The lowest BCUT2D eigenvalue weighted by molar-refractivity contribution is 0.896. The Bertz CT molecular complexity index is 1200. The number of hydrogen-bond acceptors (Lipinski definition) is 2. The third-order valence-corrected chi connectivity index (χ3v) is 4.28. The van der Waals surface area contributed by atoms with Crippen LogP contribution in [0, 0.1) is 6.92 Å². The Kier molecular flexibility index (Phi) is 5.36. The summed E-state index contributed by atoms with van der Waals surface area (Å²) in [5.41, 5.74) is 3.19. The highest BCUT2D eigenvalue weighted by Gasteiger charge is 2.04. The molecular weight excluding hydrogens is 336 g/mol. The van der Waals surface area contributed by atoms with Crippen molar-refractivity contribution in [2.75, 3.05) is 0 Å². The van der Waals surface area contributed by atoms with Gasteiger partial charge in [0.2, 0.25) is 0 Å². The quantitative estimate of drug-likeness (QED) is 0.566. The fraction of sp³-hybridized carbons (Fsp3) is 0.130. The van der Waals surface area contributed by atoms with E-state index in [-0.39, 0.29) is 0 Å². The molecule has 0 aliphatic heterocycles. The van der Waals surface area contributed by atoms with Crippen LogP contribution in [0.5, 0.6) is 0 Å². The summed E-state index contributed by atoms with van der Waals surface area (Å²) in [6, 6.07) is 21.7. The van der Waals surface area contributed by atoms with E-state index in [2.05, 4.69) is 48.3 Å². The molecule has 3 aromatic carbocycles. The molecule has 4 nitrogen and oxygen atoms in total. The summed E-state index contributed by atoms with van der Waals surface area (Å²) < 4.78 is 1.43. The van der Waals surface area contributed by atoms with Gasteiger partial charge >= 0.3 is 5.69 Å². The molecule has 1 aromatic heterocycles. The molecule has 0 unspecified atom stereocenters. The monoisotopic (exact) mass is 358 g/mol. The van der Waals surface area contributed by atoms with Crippen molar-refractivity contribution in [1.82, 2.24) is 9.55 Å². The molecule has 136 valence electrons. The summed E-state index contributed by atoms with van der Waals surface area (Å²) in [7, 11) is 0. The molecule has 0 fully saturated rings. The normalized spacial score (nSPS) is 10.3. The van der Waals surface area contributed by atoms with Crippen molar-refractivity contribution in [3.05, 3.63) is 99.3 Å². The average molecular weight is 358 g/mol. The molecule has 0 saturated heterocycles. The van der Waals surface area contributed by atoms with Crippen LogP contribution in [0.4, 0.5) is 0 Å². The number of aryl methyl sites for hydroxylation is 1. The maximum atomic E-state index is 12.0. The topological polar surface area (TPSA) is 54.9 Å². The number of aromatic nitrogens is 2. The summed E-state index contributed by atoms with van der Waals surface area (Å²) >= 11 is 0. The second-order valence-electron chi connectivity index (χ2n) is 6.10. The van der Waals surface area contributed by atoms with Crippen molar-refractivity contribution in [3.8, 4) is 16.8 Å². The third-order valence-electron chi connectivity index (χ3n) is 4.28. The summed E-state index contributed by atoms with van der Waals surface area (Å²) in [6.07, 6.45) is 1.49. The average Bonchev–Trinajstić information content (AvgIpc) is 2.69. The van der Waals surface area contributed by atoms with E-state index in [1.54, 1.807) is 0 Å². The zero-order valence-corrected chi connectivity index (χ0v) is 15.7. The van der Waals surface area contributed by atoms with Crippen LogP contribution in [0.3, 0.4) is 0 Å². The molecule has 1 N–H and O–H groups in total. The van der Waals surface area contributed by atoms with Gasteiger partial charge in [0.1, 0.15) is 0 Å². The van der Waals surface area contributed by atoms with E-state index in [0.717, 1.165) is 11.1 Å². The van der Waals surface area contributed by atoms with Gasteiger partial charge in [0.25, 0.3) is 5.56 Å². The van der Waals surface area contributed by atoms with Crippen LogP contribution in [-0.2, 0) is 0 Å². The van der Waals surface area contributed by atoms with E-state index < -0.39 is 11.2 Å². The lowest BCUT2D eigenvalue weighted by Gasteiger charge is -2.09. The maximum absolute atomic E-state index is 12.0. The van der Waals surface area contributed by atoms with Crippen molar-refractivity contribution in [1.29, 1.82) is 0 Å². The molecule has 27 heavy (non-hydrogen) atoms. The Balaban J connectivity index is 0.00000102. The van der Waals surface area contributed by atoms with Gasteiger partial charge in [0, 0.05) is 12.3 Å². The minimum Gasteiger partial charge on any atom is -0.274 e. The molecule has 0 radical (unpaired) electrons. The Morgan fingerprint density at radius 1 is 0.778 bits per heavy atom. The summed E-state index contributed by atoms with van der Waals surface area (Å²) in [5.74, 6) is 0. The number of nitrogens with zero attached hydrogens (tertiary/aromatic N) is 1. The van der Waals surface area contributed by atoms with E-state index >= 15 is 0 Å². The van der Waals surface area contributed by atoms with Crippen molar-refractivity contribution in [2.24, 2.45) is 0 Å². The molecule has 0 spiro atoms. The Morgan fingerprint density at radius 3 is 2.26 bits per heavy atom. The van der Waals surface area contributed by atoms with Crippen LogP contribution in [0.1, 0.15) is 19.4 Å². The van der Waals surface area contributed by atoms with Gasteiger partial charge in [0.05, 0.1) is 5.69 Å². The van der Waals surface area contributed by atoms with Crippen LogP contribution in [0.2, 0.25) is 0 Å². The SMILES string of the molecule is CC.Cc1ccc2cc(-c3cccc(-n4ccc(=O)[nH]c4=O)c3)ccc2c1. The molecular formula is C23H22N2O2. The predicted octanol–water partition coefficient (Wildman–Crippen LogP) is 4.68.